The Balaban J connectivity index is 1.19. The van der Waals surface area contributed by atoms with Crippen molar-refractivity contribution < 1.29 is 27.7 Å². The summed E-state index contributed by atoms with van der Waals surface area (Å²) in [5, 5.41) is 0. The number of ether oxygens (including phenoxy) is 4. The Morgan fingerprint density at radius 2 is 1.50 bits per heavy atom. The van der Waals surface area contributed by atoms with Gasteiger partial charge in [-0.3, -0.25) is 0 Å². The molecule has 4 nitrogen and oxygen atoms in total. The van der Waals surface area contributed by atoms with Crippen molar-refractivity contribution in [2.75, 3.05) is 26.4 Å². The lowest BCUT2D eigenvalue weighted by molar-refractivity contribution is -0.222. The summed E-state index contributed by atoms with van der Waals surface area (Å²) < 4.78 is 51.9. The summed E-state index contributed by atoms with van der Waals surface area (Å²) in [4.78, 5) is 0. The van der Waals surface area contributed by atoms with E-state index in [4.69, 9.17) is 18.9 Å². The first-order valence-electron chi connectivity index (χ1n) is 13.6. The third-order valence-corrected chi connectivity index (χ3v) is 8.20. The second-order valence-corrected chi connectivity index (χ2v) is 10.5. The van der Waals surface area contributed by atoms with E-state index in [1.54, 1.807) is 6.92 Å². The third-order valence-electron chi connectivity index (χ3n) is 8.20. The zero-order chi connectivity index (χ0) is 23.9. The van der Waals surface area contributed by atoms with Crippen molar-refractivity contribution in [3.05, 3.63) is 29.3 Å². The molecule has 0 N–H and O–H groups in total. The molecule has 2 atom stereocenters. The van der Waals surface area contributed by atoms with Gasteiger partial charge < -0.3 is 18.9 Å². The average molecular weight is 481 g/mol. The molecule has 34 heavy (non-hydrogen) atoms. The monoisotopic (exact) mass is 480 g/mol. The van der Waals surface area contributed by atoms with E-state index in [0.29, 0.717) is 31.2 Å². The summed E-state index contributed by atoms with van der Waals surface area (Å²) in [5.41, 5.74) is 0.0876. The van der Waals surface area contributed by atoms with E-state index in [2.05, 4.69) is 6.92 Å². The first kappa shape index (κ1) is 25.8. The van der Waals surface area contributed by atoms with Crippen LogP contribution in [-0.4, -0.2) is 32.5 Å². The lowest BCUT2D eigenvalue weighted by atomic mass is 9.75. The second kappa shape index (κ2) is 12.6. The van der Waals surface area contributed by atoms with Crippen LogP contribution in [0.2, 0.25) is 0 Å². The first-order valence-corrected chi connectivity index (χ1v) is 13.6. The minimum Gasteiger partial charge on any atom is -0.491 e. The van der Waals surface area contributed by atoms with Gasteiger partial charge in [0.25, 0.3) is 0 Å². The molecule has 0 bridgehead atoms. The number of halogens is 2. The van der Waals surface area contributed by atoms with E-state index in [1.165, 1.54) is 63.5 Å². The average Bonchev–Trinajstić information content (AvgIpc) is 2.88. The van der Waals surface area contributed by atoms with Gasteiger partial charge in [0.1, 0.15) is 0 Å². The molecule has 2 saturated heterocycles. The van der Waals surface area contributed by atoms with E-state index in [1.807, 2.05) is 0 Å². The molecule has 6 heteroatoms. The quantitative estimate of drug-likeness (QED) is 0.350. The Hall–Kier alpha value is -1.24. The molecule has 1 aliphatic carbocycles. The standard InChI is InChI=1S/C28H42F2O4/c1-3-5-6-7-19-8-10-20(11-9-19)24-14-12-21(16-32-24)22-17-33-28(34-18-22)23-13-15-25(31-4-2)27(30)26(23)29/h13,15,19-22,24,28H,3-12,14,16-18H2,1-2H3. The molecule has 0 spiro atoms. The van der Waals surface area contributed by atoms with Crippen molar-refractivity contribution in [3.63, 3.8) is 0 Å². The van der Waals surface area contributed by atoms with Gasteiger partial charge in [-0.05, 0) is 62.5 Å². The summed E-state index contributed by atoms with van der Waals surface area (Å²) in [6.45, 7) is 5.97. The molecule has 0 amide bonds. The third kappa shape index (κ3) is 6.30. The van der Waals surface area contributed by atoms with Gasteiger partial charge in [0.2, 0.25) is 5.82 Å². The summed E-state index contributed by atoms with van der Waals surface area (Å²) in [6.07, 6.45) is 12.6. The van der Waals surface area contributed by atoms with Gasteiger partial charge in [-0.25, -0.2) is 4.39 Å². The fourth-order valence-corrected chi connectivity index (χ4v) is 6.03. The van der Waals surface area contributed by atoms with Gasteiger partial charge in [-0.1, -0.05) is 45.4 Å². The van der Waals surface area contributed by atoms with Gasteiger partial charge in [0.05, 0.1) is 32.5 Å². The molecule has 0 radical (unpaired) electrons. The Morgan fingerprint density at radius 3 is 2.15 bits per heavy atom. The normalized spacial score (nSPS) is 32.5. The van der Waals surface area contributed by atoms with E-state index in [9.17, 15) is 8.78 Å². The van der Waals surface area contributed by atoms with E-state index < -0.39 is 17.9 Å². The van der Waals surface area contributed by atoms with Crippen LogP contribution in [0.4, 0.5) is 8.78 Å². The molecule has 0 aromatic heterocycles. The van der Waals surface area contributed by atoms with Crippen molar-refractivity contribution in [3.8, 4) is 5.75 Å². The maximum Gasteiger partial charge on any atom is 0.201 e. The number of rotatable bonds is 9. The summed E-state index contributed by atoms with van der Waals surface area (Å²) in [7, 11) is 0. The summed E-state index contributed by atoms with van der Waals surface area (Å²) in [5.74, 6) is 0.220. The number of hydrogen-bond donors (Lipinski definition) is 0. The van der Waals surface area contributed by atoms with Crippen LogP contribution in [0, 0.1) is 35.3 Å². The second-order valence-electron chi connectivity index (χ2n) is 10.5. The molecule has 2 heterocycles. The van der Waals surface area contributed by atoms with Crippen LogP contribution in [0.5, 0.6) is 5.75 Å². The van der Waals surface area contributed by atoms with Crippen LogP contribution >= 0.6 is 0 Å². The topological polar surface area (TPSA) is 36.9 Å². The van der Waals surface area contributed by atoms with Crippen LogP contribution in [0.15, 0.2) is 12.1 Å². The SMILES string of the molecule is CCCCCC1CCC(C2CCC(C3COC(c4ccc(OCC)c(F)c4F)OC3)CO2)CC1. The van der Waals surface area contributed by atoms with Crippen molar-refractivity contribution in [1.82, 2.24) is 0 Å². The Morgan fingerprint density at radius 1 is 0.794 bits per heavy atom. The highest BCUT2D eigenvalue weighted by atomic mass is 19.2. The summed E-state index contributed by atoms with van der Waals surface area (Å²) >= 11 is 0. The van der Waals surface area contributed by atoms with E-state index in [-0.39, 0.29) is 23.8 Å². The molecular weight excluding hydrogens is 438 g/mol. The predicted molar refractivity (Wildman–Crippen MR) is 128 cm³/mol. The largest absolute Gasteiger partial charge is 0.491 e. The minimum absolute atomic E-state index is 0.0867. The molecule has 2 unspecified atom stereocenters. The van der Waals surface area contributed by atoms with Gasteiger partial charge in [-0.2, -0.15) is 4.39 Å². The highest BCUT2D eigenvalue weighted by molar-refractivity contribution is 5.31. The Kier molecular flexibility index (Phi) is 9.61. The summed E-state index contributed by atoms with van der Waals surface area (Å²) in [6, 6.07) is 2.92. The molecule has 1 saturated carbocycles. The van der Waals surface area contributed by atoms with E-state index in [0.717, 1.165) is 25.4 Å². The first-order chi connectivity index (χ1) is 16.6. The zero-order valence-electron chi connectivity index (χ0n) is 20.9. The van der Waals surface area contributed by atoms with E-state index >= 15 is 0 Å². The highest BCUT2D eigenvalue weighted by Crippen LogP contribution is 2.40. The van der Waals surface area contributed by atoms with Crippen molar-refractivity contribution in [2.45, 2.75) is 90.4 Å². The van der Waals surface area contributed by atoms with Crippen molar-refractivity contribution >= 4 is 0 Å². The maximum absolute atomic E-state index is 14.5. The zero-order valence-corrected chi connectivity index (χ0v) is 20.9. The van der Waals surface area contributed by atoms with Crippen LogP contribution in [0.25, 0.3) is 0 Å². The highest BCUT2D eigenvalue weighted by Gasteiger charge is 2.37. The predicted octanol–water partition coefficient (Wildman–Crippen LogP) is 7.21. The Bertz CT molecular complexity index is 749. The number of benzene rings is 1. The molecule has 2 aliphatic heterocycles. The van der Waals surface area contributed by atoms with Gasteiger partial charge >= 0.3 is 0 Å². The molecule has 3 fully saturated rings. The molecule has 3 aliphatic rings. The molecule has 1 aromatic rings. The maximum atomic E-state index is 14.5. The van der Waals surface area contributed by atoms with Crippen LogP contribution in [0.1, 0.15) is 89.9 Å². The van der Waals surface area contributed by atoms with Crippen LogP contribution in [-0.2, 0) is 14.2 Å². The fraction of sp³-hybridized carbons (Fsp3) is 0.786. The fourth-order valence-electron chi connectivity index (χ4n) is 6.03. The lowest BCUT2D eigenvalue weighted by Crippen LogP contribution is -2.40. The van der Waals surface area contributed by atoms with Crippen molar-refractivity contribution in [2.24, 2.45) is 23.7 Å². The lowest BCUT2D eigenvalue weighted by Gasteiger charge is -2.41. The van der Waals surface area contributed by atoms with Gasteiger partial charge in [-0.15, -0.1) is 0 Å². The Labute approximate surface area is 203 Å². The van der Waals surface area contributed by atoms with Gasteiger partial charge in [0.15, 0.2) is 17.9 Å². The van der Waals surface area contributed by atoms with Crippen LogP contribution in [0.3, 0.4) is 0 Å². The molecule has 192 valence electrons. The number of unbranched alkanes of at least 4 members (excludes halogenated alkanes) is 2. The smallest absolute Gasteiger partial charge is 0.201 e. The van der Waals surface area contributed by atoms with Gasteiger partial charge in [0, 0.05) is 11.5 Å². The minimum atomic E-state index is -0.990. The molecule has 4 rings (SSSR count). The molecule has 1 aromatic carbocycles. The van der Waals surface area contributed by atoms with Crippen LogP contribution < -0.4 is 4.74 Å². The molecular formula is C28H42F2O4. The van der Waals surface area contributed by atoms with Crippen molar-refractivity contribution in [1.29, 1.82) is 0 Å². The number of hydrogen-bond acceptors (Lipinski definition) is 4.